The highest BCUT2D eigenvalue weighted by atomic mass is 19.1. The molecular formula is C19H20FN3O3. The van der Waals surface area contributed by atoms with Crippen molar-refractivity contribution < 1.29 is 13.9 Å². The van der Waals surface area contributed by atoms with E-state index in [4.69, 9.17) is 4.74 Å². The van der Waals surface area contributed by atoms with Crippen molar-refractivity contribution in [2.24, 2.45) is 7.05 Å². The van der Waals surface area contributed by atoms with Crippen LogP contribution in [0, 0.1) is 5.82 Å². The average molecular weight is 357 g/mol. The lowest BCUT2D eigenvalue weighted by Gasteiger charge is -2.18. The number of likely N-dealkylation sites (N-methyl/N-ethyl adjacent to an activating group) is 1. The van der Waals surface area contributed by atoms with Gasteiger partial charge in [0.05, 0.1) is 18.1 Å². The first-order valence-electron chi connectivity index (χ1n) is 8.13. The number of halogens is 1. The van der Waals surface area contributed by atoms with Crippen LogP contribution in [-0.4, -0.2) is 34.1 Å². The number of rotatable bonds is 5. The predicted octanol–water partition coefficient (Wildman–Crippen LogP) is 2.15. The molecule has 0 aliphatic rings. The molecule has 1 aromatic heterocycles. The molecule has 26 heavy (non-hydrogen) atoms. The Hall–Kier alpha value is -3.09. The van der Waals surface area contributed by atoms with Gasteiger partial charge in [-0.05, 0) is 29.8 Å². The van der Waals surface area contributed by atoms with Crippen LogP contribution in [0.3, 0.4) is 0 Å². The summed E-state index contributed by atoms with van der Waals surface area (Å²) in [7, 11) is 4.70. The van der Waals surface area contributed by atoms with Gasteiger partial charge >= 0.3 is 5.69 Å². The number of hydrogen-bond acceptors (Lipinski definition) is 3. The number of nitrogens with zero attached hydrogens (tertiary/aromatic N) is 3. The molecule has 136 valence electrons. The molecular weight excluding hydrogens is 337 g/mol. The number of imidazole rings is 1. The third kappa shape index (κ3) is 3.20. The van der Waals surface area contributed by atoms with E-state index in [9.17, 15) is 14.0 Å². The number of amides is 1. The number of carbonyl (C=O) groups is 1. The van der Waals surface area contributed by atoms with E-state index in [1.165, 1.54) is 33.3 Å². The summed E-state index contributed by atoms with van der Waals surface area (Å²) in [6.07, 6.45) is 0. The van der Waals surface area contributed by atoms with Crippen molar-refractivity contribution in [1.82, 2.24) is 14.0 Å². The maximum absolute atomic E-state index is 13.8. The molecule has 3 aromatic rings. The quantitative estimate of drug-likeness (QED) is 0.703. The van der Waals surface area contributed by atoms with Gasteiger partial charge in [0.1, 0.15) is 6.54 Å². The fourth-order valence-corrected chi connectivity index (χ4v) is 2.94. The fourth-order valence-electron chi connectivity index (χ4n) is 2.94. The molecule has 0 spiro atoms. The topological polar surface area (TPSA) is 56.5 Å². The van der Waals surface area contributed by atoms with E-state index >= 15 is 0 Å². The Morgan fingerprint density at radius 3 is 2.54 bits per heavy atom. The molecule has 3 rings (SSSR count). The van der Waals surface area contributed by atoms with Gasteiger partial charge in [0.2, 0.25) is 5.91 Å². The zero-order valence-electron chi connectivity index (χ0n) is 14.9. The lowest BCUT2D eigenvalue weighted by atomic mass is 10.2. The van der Waals surface area contributed by atoms with Gasteiger partial charge in [-0.1, -0.05) is 18.2 Å². The Morgan fingerprint density at radius 1 is 1.19 bits per heavy atom. The van der Waals surface area contributed by atoms with E-state index in [0.717, 1.165) is 5.52 Å². The number of methoxy groups -OCH3 is 1. The first-order valence-corrected chi connectivity index (χ1v) is 8.13. The van der Waals surface area contributed by atoms with E-state index in [1.54, 1.807) is 20.2 Å². The van der Waals surface area contributed by atoms with Gasteiger partial charge in [0, 0.05) is 20.6 Å². The van der Waals surface area contributed by atoms with Crippen LogP contribution in [0.1, 0.15) is 5.56 Å². The number of para-hydroxylation sites is 2. The van der Waals surface area contributed by atoms with Crippen molar-refractivity contribution in [1.29, 1.82) is 0 Å². The standard InChI is InChI=1S/C19H20FN3O3/c1-21(11-13-8-9-17(26-3)14(20)10-13)18(24)12-23-16-7-5-4-6-15(16)22(2)19(23)25/h4-10H,11-12H2,1-3H3. The van der Waals surface area contributed by atoms with Crippen molar-refractivity contribution in [3.05, 3.63) is 64.3 Å². The Labute approximate surface area is 150 Å². The third-order valence-corrected chi connectivity index (χ3v) is 4.41. The van der Waals surface area contributed by atoms with Gasteiger partial charge in [-0.25, -0.2) is 9.18 Å². The fraction of sp³-hybridized carbons (Fsp3) is 0.263. The van der Waals surface area contributed by atoms with Crippen LogP contribution in [0.5, 0.6) is 5.75 Å². The van der Waals surface area contributed by atoms with Crippen LogP contribution in [0.15, 0.2) is 47.3 Å². The number of carbonyl (C=O) groups excluding carboxylic acids is 1. The highest BCUT2D eigenvalue weighted by Gasteiger charge is 2.16. The summed E-state index contributed by atoms with van der Waals surface area (Å²) in [6, 6.07) is 11.9. The molecule has 0 aliphatic heterocycles. The average Bonchev–Trinajstić information content (AvgIpc) is 2.87. The summed E-state index contributed by atoms with van der Waals surface area (Å²) >= 11 is 0. The number of aromatic nitrogens is 2. The van der Waals surface area contributed by atoms with Gasteiger partial charge in [0.15, 0.2) is 11.6 Å². The molecule has 1 heterocycles. The van der Waals surface area contributed by atoms with Gasteiger partial charge in [-0.2, -0.15) is 0 Å². The number of benzene rings is 2. The van der Waals surface area contributed by atoms with Crippen molar-refractivity contribution in [2.75, 3.05) is 14.2 Å². The lowest BCUT2D eigenvalue weighted by molar-refractivity contribution is -0.131. The number of hydrogen-bond donors (Lipinski definition) is 0. The van der Waals surface area contributed by atoms with Crippen molar-refractivity contribution in [3.63, 3.8) is 0 Å². The highest BCUT2D eigenvalue weighted by molar-refractivity contribution is 5.80. The maximum atomic E-state index is 13.8. The molecule has 0 saturated carbocycles. The molecule has 0 fully saturated rings. The SMILES string of the molecule is COc1ccc(CN(C)C(=O)Cn2c(=O)n(C)c3ccccc32)cc1F. The number of ether oxygens (including phenoxy) is 1. The highest BCUT2D eigenvalue weighted by Crippen LogP contribution is 2.18. The summed E-state index contributed by atoms with van der Waals surface area (Å²) in [5, 5.41) is 0. The van der Waals surface area contributed by atoms with Gasteiger partial charge in [-0.3, -0.25) is 13.9 Å². The minimum absolute atomic E-state index is 0.0741. The summed E-state index contributed by atoms with van der Waals surface area (Å²) < 4.78 is 21.7. The zero-order valence-corrected chi connectivity index (χ0v) is 14.9. The Kier molecular flexibility index (Phi) is 4.79. The smallest absolute Gasteiger partial charge is 0.329 e. The molecule has 1 amide bonds. The van der Waals surface area contributed by atoms with Crippen molar-refractivity contribution >= 4 is 16.9 Å². The summed E-state index contributed by atoms with van der Waals surface area (Å²) in [5.41, 5.74) is 1.87. The second kappa shape index (κ2) is 7.03. The van der Waals surface area contributed by atoms with Crippen LogP contribution < -0.4 is 10.4 Å². The largest absolute Gasteiger partial charge is 0.494 e. The normalized spacial score (nSPS) is 10.9. The summed E-state index contributed by atoms with van der Waals surface area (Å²) in [5.74, 6) is -0.555. The van der Waals surface area contributed by atoms with Gasteiger partial charge in [0.25, 0.3) is 0 Å². The molecule has 7 heteroatoms. The molecule has 2 aromatic carbocycles. The van der Waals surface area contributed by atoms with E-state index in [2.05, 4.69) is 0 Å². The van der Waals surface area contributed by atoms with Crippen LogP contribution >= 0.6 is 0 Å². The van der Waals surface area contributed by atoms with E-state index in [0.29, 0.717) is 11.1 Å². The molecule has 0 saturated heterocycles. The predicted molar refractivity (Wildman–Crippen MR) is 96.6 cm³/mol. The number of fused-ring (bicyclic) bond motifs is 1. The van der Waals surface area contributed by atoms with Crippen LogP contribution in [-0.2, 0) is 24.9 Å². The second-order valence-electron chi connectivity index (χ2n) is 6.14. The van der Waals surface area contributed by atoms with Crippen LogP contribution in [0.25, 0.3) is 11.0 Å². The first-order chi connectivity index (χ1) is 12.4. The minimum atomic E-state index is -0.476. The van der Waals surface area contributed by atoms with E-state index in [1.807, 2.05) is 24.3 Å². The van der Waals surface area contributed by atoms with Crippen LogP contribution in [0.4, 0.5) is 4.39 Å². The molecule has 0 bridgehead atoms. The minimum Gasteiger partial charge on any atom is -0.494 e. The molecule has 0 unspecified atom stereocenters. The van der Waals surface area contributed by atoms with Crippen molar-refractivity contribution in [3.8, 4) is 5.75 Å². The molecule has 0 radical (unpaired) electrons. The first kappa shape index (κ1) is 17.7. The summed E-state index contributed by atoms with van der Waals surface area (Å²) in [6.45, 7) is 0.161. The Balaban J connectivity index is 1.79. The Morgan fingerprint density at radius 2 is 1.88 bits per heavy atom. The molecule has 6 nitrogen and oxygen atoms in total. The summed E-state index contributed by atoms with van der Waals surface area (Å²) in [4.78, 5) is 26.4. The monoisotopic (exact) mass is 357 g/mol. The Bertz CT molecular complexity index is 1020. The van der Waals surface area contributed by atoms with E-state index < -0.39 is 5.82 Å². The zero-order chi connectivity index (χ0) is 18.8. The molecule has 0 N–H and O–H groups in total. The molecule has 0 atom stereocenters. The van der Waals surface area contributed by atoms with Crippen LogP contribution in [0.2, 0.25) is 0 Å². The second-order valence-corrected chi connectivity index (χ2v) is 6.14. The molecule has 0 aliphatic carbocycles. The maximum Gasteiger partial charge on any atom is 0.329 e. The number of aryl methyl sites for hydroxylation is 1. The van der Waals surface area contributed by atoms with Gasteiger partial charge < -0.3 is 9.64 Å². The third-order valence-electron chi connectivity index (χ3n) is 4.41. The van der Waals surface area contributed by atoms with E-state index in [-0.39, 0.29) is 30.4 Å². The lowest BCUT2D eigenvalue weighted by Crippen LogP contribution is -2.33. The van der Waals surface area contributed by atoms with Crippen molar-refractivity contribution in [2.45, 2.75) is 13.1 Å². The van der Waals surface area contributed by atoms with Gasteiger partial charge in [-0.15, -0.1) is 0 Å².